The van der Waals surface area contributed by atoms with E-state index in [0.29, 0.717) is 35.7 Å². The molecule has 2 amide bonds. The van der Waals surface area contributed by atoms with Gasteiger partial charge in [-0.2, -0.15) is 0 Å². The molecule has 1 atom stereocenters. The van der Waals surface area contributed by atoms with Gasteiger partial charge in [0.25, 0.3) is 11.5 Å². The molecule has 3 aromatic carbocycles. The predicted octanol–water partition coefficient (Wildman–Crippen LogP) is 3.93. The molecule has 8 nitrogen and oxygen atoms in total. The van der Waals surface area contributed by atoms with Crippen LogP contribution in [0.25, 0.3) is 5.69 Å². The summed E-state index contributed by atoms with van der Waals surface area (Å²) in [6, 6.07) is 23.6. The average Bonchev–Trinajstić information content (AvgIpc) is 3.11. The van der Waals surface area contributed by atoms with E-state index in [2.05, 4.69) is 10.6 Å². The molecule has 0 bridgehead atoms. The van der Waals surface area contributed by atoms with Crippen LogP contribution in [0.3, 0.4) is 0 Å². The number of rotatable bonds is 5. The van der Waals surface area contributed by atoms with Crippen LogP contribution in [-0.2, 0) is 18.3 Å². The quantitative estimate of drug-likeness (QED) is 0.451. The number of amides is 2. The molecule has 182 valence electrons. The van der Waals surface area contributed by atoms with E-state index in [0.717, 1.165) is 11.3 Å². The van der Waals surface area contributed by atoms with Crippen LogP contribution < -0.4 is 20.9 Å². The lowest BCUT2D eigenvalue weighted by molar-refractivity contribution is -0.121. The Hall–Kier alpha value is -4.59. The third-order valence-corrected chi connectivity index (χ3v) is 6.43. The number of carbonyl (C=O) groups is 2. The summed E-state index contributed by atoms with van der Waals surface area (Å²) in [5, 5.41) is 5.65. The highest BCUT2D eigenvalue weighted by atomic mass is 16.5. The Balaban J connectivity index is 1.31. The fourth-order valence-electron chi connectivity index (χ4n) is 4.38. The highest BCUT2D eigenvalue weighted by Crippen LogP contribution is 2.27. The van der Waals surface area contributed by atoms with Gasteiger partial charge >= 0.3 is 0 Å². The van der Waals surface area contributed by atoms with Gasteiger partial charge in [-0.3, -0.25) is 19.1 Å². The van der Waals surface area contributed by atoms with E-state index in [1.165, 1.54) is 4.68 Å². The van der Waals surface area contributed by atoms with Crippen LogP contribution in [0.1, 0.15) is 21.6 Å². The second-order valence-corrected chi connectivity index (χ2v) is 8.78. The lowest BCUT2D eigenvalue weighted by Crippen LogP contribution is -2.32. The fraction of sp³-hybridized carbons (Fsp3) is 0.179. The van der Waals surface area contributed by atoms with E-state index < -0.39 is 5.91 Å². The van der Waals surface area contributed by atoms with Crippen LogP contribution in [0.15, 0.2) is 83.7 Å². The van der Waals surface area contributed by atoms with Crippen molar-refractivity contribution >= 4 is 23.2 Å². The number of hydrogen-bond donors (Lipinski definition) is 2. The van der Waals surface area contributed by atoms with E-state index in [1.54, 1.807) is 42.9 Å². The number of hydrogen-bond acceptors (Lipinski definition) is 4. The third kappa shape index (κ3) is 4.40. The summed E-state index contributed by atoms with van der Waals surface area (Å²) < 4.78 is 8.94. The molecule has 0 aliphatic carbocycles. The molecule has 2 heterocycles. The van der Waals surface area contributed by atoms with Gasteiger partial charge in [0.15, 0.2) is 0 Å². The Morgan fingerprint density at radius 1 is 0.944 bits per heavy atom. The molecule has 8 heteroatoms. The summed E-state index contributed by atoms with van der Waals surface area (Å²) in [5.41, 5.74) is 3.03. The maximum absolute atomic E-state index is 13.1. The number of benzene rings is 3. The van der Waals surface area contributed by atoms with Crippen molar-refractivity contribution in [2.45, 2.75) is 13.3 Å². The zero-order valence-electron chi connectivity index (χ0n) is 20.0. The van der Waals surface area contributed by atoms with Gasteiger partial charge in [-0.1, -0.05) is 42.5 Å². The predicted molar refractivity (Wildman–Crippen MR) is 138 cm³/mol. The van der Waals surface area contributed by atoms with Crippen molar-refractivity contribution in [3.05, 3.63) is 106 Å². The maximum atomic E-state index is 13.1. The van der Waals surface area contributed by atoms with E-state index in [1.807, 2.05) is 54.6 Å². The second-order valence-electron chi connectivity index (χ2n) is 8.78. The van der Waals surface area contributed by atoms with E-state index in [-0.39, 0.29) is 23.1 Å². The van der Waals surface area contributed by atoms with Crippen LogP contribution in [0.2, 0.25) is 0 Å². The average molecular weight is 483 g/mol. The number of nitrogens with one attached hydrogen (secondary N) is 2. The Labute approximate surface area is 208 Å². The SMILES string of the molecule is Cc1c(NC(=O)c2cccc(NC(=O)C3COc4ccccc4C3)c2)c(=O)n(-c2ccccc2)n1C. The smallest absolute Gasteiger partial charge is 0.295 e. The molecule has 0 fully saturated rings. The van der Waals surface area contributed by atoms with Crippen molar-refractivity contribution in [3.63, 3.8) is 0 Å². The van der Waals surface area contributed by atoms with Crippen LogP contribution in [0.5, 0.6) is 5.75 Å². The van der Waals surface area contributed by atoms with Crippen LogP contribution >= 0.6 is 0 Å². The van der Waals surface area contributed by atoms with Crippen molar-refractivity contribution < 1.29 is 14.3 Å². The van der Waals surface area contributed by atoms with Crippen molar-refractivity contribution in [2.75, 3.05) is 17.2 Å². The van der Waals surface area contributed by atoms with Gasteiger partial charge in [-0.15, -0.1) is 0 Å². The van der Waals surface area contributed by atoms with Gasteiger partial charge in [0.2, 0.25) is 5.91 Å². The minimum absolute atomic E-state index is 0.174. The number of anilines is 2. The number of aromatic nitrogens is 2. The normalized spacial score (nSPS) is 14.4. The Morgan fingerprint density at radius 2 is 1.69 bits per heavy atom. The Bertz CT molecular complexity index is 1500. The number of fused-ring (bicyclic) bond motifs is 1. The first-order valence-electron chi connectivity index (χ1n) is 11.7. The number of carbonyl (C=O) groups excluding carboxylic acids is 2. The zero-order valence-corrected chi connectivity index (χ0v) is 20.0. The standard InChI is InChI=1S/C28H26N4O4/c1-18-25(28(35)32(31(18)2)23-12-4-3-5-13-23)30-26(33)20-10-8-11-22(16-20)29-27(34)21-15-19-9-6-7-14-24(19)36-17-21/h3-14,16,21H,15,17H2,1-2H3,(H,29,34)(H,30,33). The number of ether oxygens (including phenoxy) is 1. The topological polar surface area (TPSA) is 94.4 Å². The first-order valence-corrected chi connectivity index (χ1v) is 11.7. The maximum Gasteiger partial charge on any atom is 0.295 e. The van der Waals surface area contributed by atoms with Gasteiger partial charge in [0.1, 0.15) is 18.0 Å². The molecule has 2 N–H and O–H groups in total. The van der Waals surface area contributed by atoms with E-state index in [9.17, 15) is 14.4 Å². The molecule has 1 aliphatic heterocycles. The third-order valence-electron chi connectivity index (χ3n) is 6.43. The summed E-state index contributed by atoms with van der Waals surface area (Å²) >= 11 is 0. The highest BCUT2D eigenvalue weighted by Gasteiger charge is 2.26. The summed E-state index contributed by atoms with van der Waals surface area (Å²) in [6.07, 6.45) is 0.586. The molecule has 0 spiro atoms. The van der Waals surface area contributed by atoms with Gasteiger partial charge in [-0.25, -0.2) is 4.68 Å². The molecular weight excluding hydrogens is 456 g/mol. The fourth-order valence-corrected chi connectivity index (χ4v) is 4.38. The molecule has 1 unspecified atom stereocenters. The summed E-state index contributed by atoms with van der Waals surface area (Å²) in [4.78, 5) is 39.0. The Morgan fingerprint density at radius 3 is 2.50 bits per heavy atom. The zero-order chi connectivity index (χ0) is 25.2. The van der Waals surface area contributed by atoms with E-state index >= 15 is 0 Å². The van der Waals surface area contributed by atoms with Crippen molar-refractivity contribution in [2.24, 2.45) is 13.0 Å². The van der Waals surface area contributed by atoms with Crippen LogP contribution in [-0.4, -0.2) is 27.8 Å². The second kappa shape index (κ2) is 9.58. The monoisotopic (exact) mass is 482 g/mol. The molecule has 36 heavy (non-hydrogen) atoms. The molecule has 1 aromatic heterocycles. The molecule has 0 saturated heterocycles. The largest absolute Gasteiger partial charge is 0.492 e. The molecular formula is C28H26N4O4. The lowest BCUT2D eigenvalue weighted by Gasteiger charge is -2.24. The van der Waals surface area contributed by atoms with Crippen LogP contribution in [0.4, 0.5) is 11.4 Å². The molecule has 4 aromatic rings. The van der Waals surface area contributed by atoms with Crippen LogP contribution in [0, 0.1) is 12.8 Å². The minimum Gasteiger partial charge on any atom is -0.492 e. The lowest BCUT2D eigenvalue weighted by atomic mass is 9.96. The van der Waals surface area contributed by atoms with Gasteiger partial charge in [-0.05, 0) is 55.3 Å². The number of para-hydroxylation sites is 2. The summed E-state index contributed by atoms with van der Waals surface area (Å²) in [6.45, 7) is 2.07. The van der Waals surface area contributed by atoms with Crippen molar-refractivity contribution in [3.8, 4) is 11.4 Å². The highest BCUT2D eigenvalue weighted by molar-refractivity contribution is 6.05. The van der Waals surface area contributed by atoms with Gasteiger partial charge in [0, 0.05) is 18.3 Å². The molecule has 5 rings (SSSR count). The first kappa shape index (κ1) is 23.2. The number of nitrogens with zero attached hydrogens (tertiary/aromatic N) is 2. The summed E-state index contributed by atoms with van der Waals surface area (Å²) in [5.74, 6) is -0.137. The minimum atomic E-state index is -0.438. The van der Waals surface area contributed by atoms with Crippen molar-refractivity contribution in [1.29, 1.82) is 0 Å². The molecule has 0 radical (unpaired) electrons. The molecule has 0 saturated carbocycles. The van der Waals surface area contributed by atoms with Gasteiger partial charge in [0.05, 0.1) is 17.3 Å². The molecule has 1 aliphatic rings. The van der Waals surface area contributed by atoms with E-state index in [4.69, 9.17) is 4.74 Å². The first-order chi connectivity index (χ1) is 17.4. The summed E-state index contributed by atoms with van der Waals surface area (Å²) in [7, 11) is 1.77. The van der Waals surface area contributed by atoms with Gasteiger partial charge < -0.3 is 15.4 Å². The van der Waals surface area contributed by atoms with Crippen molar-refractivity contribution in [1.82, 2.24) is 9.36 Å². The Kier molecular flexibility index (Phi) is 6.16.